The van der Waals surface area contributed by atoms with Crippen LogP contribution in [0.5, 0.6) is 0 Å². The van der Waals surface area contributed by atoms with Gasteiger partial charge in [-0.2, -0.15) is 0 Å². The molecule has 1 heterocycles. The summed E-state index contributed by atoms with van der Waals surface area (Å²) in [6, 6.07) is 0. The Morgan fingerprint density at radius 2 is 1.91 bits per heavy atom. The van der Waals surface area contributed by atoms with Gasteiger partial charge in [0.25, 0.3) is 0 Å². The van der Waals surface area contributed by atoms with Crippen molar-refractivity contribution in [3.05, 3.63) is 11.5 Å². The van der Waals surface area contributed by atoms with Gasteiger partial charge in [-0.3, -0.25) is 9.15 Å². The summed E-state index contributed by atoms with van der Waals surface area (Å²) in [4.78, 5) is 20.7. The third kappa shape index (κ3) is 1.09. The molecule has 0 fully saturated rings. The Bertz CT molecular complexity index is 279. The second-order valence-corrected chi connectivity index (χ2v) is 1.62. The highest BCUT2D eigenvalue weighted by atomic mass is 17.0. The molecule has 0 aliphatic heterocycles. The van der Waals surface area contributed by atoms with Gasteiger partial charge in [0.15, 0.2) is 0 Å². The van der Waals surface area contributed by atoms with Crippen molar-refractivity contribution in [2.75, 3.05) is 7.11 Å². The highest BCUT2D eigenvalue weighted by molar-refractivity contribution is 5.98. The predicted octanol–water partition coefficient (Wildman–Crippen LogP) is 0.357. The molecule has 60 valence electrons. The van der Waals surface area contributed by atoms with E-state index in [2.05, 4.69) is 13.9 Å². The van der Waals surface area contributed by atoms with Crippen LogP contribution in [0, 0.1) is 0 Å². The van der Waals surface area contributed by atoms with Gasteiger partial charge in [0, 0.05) is 0 Å². The summed E-state index contributed by atoms with van der Waals surface area (Å²) < 4.78 is 12.3. The summed E-state index contributed by atoms with van der Waals surface area (Å²) in [5, 5.41) is 8.28. The van der Waals surface area contributed by atoms with Gasteiger partial charge < -0.3 is 9.84 Å². The van der Waals surface area contributed by atoms with Crippen LogP contribution in [-0.4, -0.2) is 24.2 Å². The zero-order valence-electron chi connectivity index (χ0n) is 5.49. The van der Waals surface area contributed by atoms with Crippen molar-refractivity contribution in [2.24, 2.45) is 0 Å². The summed E-state index contributed by atoms with van der Waals surface area (Å²) >= 11 is 0. The van der Waals surface area contributed by atoms with Crippen LogP contribution in [0.2, 0.25) is 0 Å². The molecule has 1 rings (SSSR count). The second-order valence-electron chi connectivity index (χ2n) is 1.62. The molecule has 0 bridgehead atoms. The first-order chi connectivity index (χ1) is 5.16. The van der Waals surface area contributed by atoms with Gasteiger partial charge in [0.2, 0.25) is 0 Å². The van der Waals surface area contributed by atoms with E-state index in [1.165, 1.54) is 0 Å². The Morgan fingerprint density at radius 1 is 1.36 bits per heavy atom. The molecule has 1 aromatic rings. The molecule has 0 saturated carbocycles. The molecule has 1 aromatic heterocycles. The molecule has 0 radical (unpaired) electrons. The van der Waals surface area contributed by atoms with Crippen molar-refractivity contribution in [1.82, 2.24) is 0 Å². The summed E-state index contributed by atoms with van der Waals surface area (Å²) in [5.41, 5.74) is 0. The number of hydrogen-bond donors (Lipinski definition) is 1. The lowest BCUT2D eigenvalue weighted by atomic mass is 10.3. The van der Waals surface area contributed by atoms with Crippen molar-refractivity contribution in [3.63, 3.8) is 0 Å². The number of ether oxygens (including phenoxy) is 1. The topological polar surface area (TPSA) is 89.9 Å². The Hall–Kier alpha value is -1.72. The van der Waals surface area contributed by atoms with Crippen LogP contribution >= 0.6 is 0 Å². The molecule has 6 nitrogen and oxygen atoms in total. The number of rotatable bonds is 2. The maximum absolute atomic E-state index is 10.6. The third-order valence-corrected chi connectivity index (χ3v) is 0.980. The molecule has 1 N–H and O–H groups in total. The zero-order chi connectivity index (χ0) is 8.43. The van der Waals surface area contributed by atoms with Crippen molar-refractivity contribution < 1.29 is 28.6 Å². The highest BCUT2D eigenvalue weighted by Gasteiger charge is 2.29. The van der Waals surface area contributed by atoms with Crippen LogP contribution in [0.1, 0.15) is 21.1 Å². The quantitative estimate of drug-likeness (QED) is 0.496. The van der Waals surface area contributed by atoms with E-state index >= 15 is 0 Å². The summed E-state index contributed by atoms with van der Waals surface area (Å²) in [7, 11) is 1.11. The number of esters is 1. The highest BCUT2D eigenvalue weighted by Crippen LogP contribution is 2.13. The van der Waals surface area contributed by atoms with Crippen molar-refractivity contribution in [2.45, 2.75) is 0 Å². The second kappa shape index (κ2) is 2.49. The summed E-state index contributed by atoms with van der Waals surface area (Å²) in [6.45, 7) is 0. The molecule has 11 heavy (non-hydrogen) atoms. The fourth-order valence-corrected chi connectivity index (χ4v) is 0.477. The molecule has 0 saturated heterocycles. The minimum absolute atomic E-state index is 0.417. The third-order valence-electron chi connectivity index (χ3n) is 0.980. The molecule has 0 spiro atoms. The standard InChI is InChI=1S/C5H4O6/c1-9-5(8)3-2(4(6)7)10-11-3/h1H3,(H,6,7). The van der Waals surface area contributed by atoms with Crippen LogP contribution < -0.4 is 0 Å². The normalized spacial score (nSPS) is 9.55. The van der Waals surface area contributed by atoms with Crippen LogP contribution in [0.15, 0.2) is 9.15 Å². The average molecular weight is 160 g/mol. The first-order valence-electron chi connectivity index (χ1n) is 2.57. The molecular formula is C5H4O6. The van der Waals surface area contributed by atoms with Gasteiger partial charge >= 0.3 is 23.5 Å². The van der Waals surface area contributed by atoms with Crippen LogP contribution in [0.3, 0.4) is 0 Å². The Morgan fingerprint density at radius 3 is 2.18 bits per heavy atom. The van der Waals surface area contributed by atoms with Gasteiger partial charge in [-0.05, 0) is 0 Å². The smallest absolute Gasteiger partial charge is 0.383 e. The lowest BCUT2D eigenvalue weighted by molar-refractivity contribution is -0.0386. The van der Waals surface area contributed by atoms with Gasteiger partial charge in [-0.15, -0.1) is 0 Å². The van der Waals surface area contributed by atoms with E-state index < -0.39 is 23.5 Å². The largest absolute Gasteiger partial charge is 0.475 e. The SMILES string of the molecule is COC(=O)c1ooc1C(=O)O. The van der Waals surface area contributed by atoms with E-state index in [-0.39, 0.29) is 0 Å². The van der Waals surface area contributed by atoms with Gasteiger partial charge in [0.1, 0.15) is 0 Å². The van der Waals surface area contributed by atoms with Gasteiger partial charge in [-0.25, -0.2) is 9.59 Å². The number of carbonyl (C=O) groups excluding carboxylic acids is 1. The van der Waals surface area contributed by atoms with Gasteiger partial charge in [-0.1, -0.05) is 0 Å². The van der Waals surface area contributed by atoms with E-state index in [1.807, 2.05) is 0 Å². The van der Waals surface area contributed by atoms with Crippen LogP contribution in [0.4, 0.5) is 0 Å². The molecule has 0 aliphatic carbocycles. The maximum atomic E-state index is 10.6. The average Bonchev–Trinajstić information content (AvgIpc) is 1.83. The number of carbonyl (C=O) groups is 2. The number of hydrogen-bond acceptors (Lipinski definition) is 5. The molecule has 0 amide bonds. The minimum atomic E-state index is -1.36. The van der Waals surface area contributed by atoms with Crippen molar-refractivity contribution in [3.8, 4) is 0 Å². The lowest BCUT2D eigenvalue weighted by Crippen LogP contribution is -2.12. The molecular weight excluding hydrogens is 156 g/mol. The predicted molar refractivity (Wildman–Crippen MR) is 29.3 cm³/mol. The van der Waals surface area contributed by atoms with E-state index in [9.17, 15) is 9.59 Å². The Balaban J connectivity index is 2.84. The Labute approximate surface area is 60.3 Å². The summed E-state index contributed by atoms with van der Waals surface area (Å²) in [5.74, 6) is -3.18. The lowest BCUT2D eigenvalue weighted by Gasteiger charge is -2.01. The van der Waals surface area contributed by atoms with E-state index in [4.69, 9.17) is 5.11 Å². The minimum Gasteiger partial charge on any atom is -0.475 e. The fraction of sp³-hybridized carbons (Fsp3) is 0.200. The first-order valence-corrected chi connectivity index (χ1v) is 2.57. The molecule has 0 aliphatic rings. The maximum Gasteiger partial charge on any atom is 0.383 e. The molecule has 0 atom stereocenters. The Kier molecular flexibility index (Phi) is 1.67. The van der Waals surface area contributed by atoms with Crippen molar-refractivity contribution in [1.29, 1.82) is 0 Å². The van der Waals surface area contributed by atoms with E-state index in [0.29, 0.717) is 0 Å². The molecule has 6 heteroatoms. The number of aromatic carboxylic acids is 1. The van der Waals surface area contributed by atoms with Gasteiger partial charge in [0.05, 0.1) is 7.11 Å². The monoisotopic (exact) mass is 160 g/mol. The zero-order valence-corrected chi connectivity index (χ0v) is 5.49. The van der Waals surface area contributed by atoms with Crippen LogP contribution in [-0.2, 0) is 4.74 Å². The fourth-order valence-electron chi connectivity index (χ4n) is 0.477. The molecule has 0 unspecified atom stereocenters. The molecule has 0 aromatic carbocycles. The first kappa shape index (κ1) is 7.39. The van der Waals surface area contributed by atoms with Crippen molar-refractivity contribution >= 4 is 11.9 Å². The summed E-state index contributed by atoms with van der Waals surface area (Å²) in [6.07, 6.45) is 0. The van der Waals surface area contributed by atoms with E-state index in [1.54, 1.807) is 0 Å². The number of carboxylic acids is 1. The van der Waals surface area contributed by atoms with Crippen LogP contribution in [0.25, 0.3) is 0 Å². The number of carboxylic acid groups (broad SMARTS) is 1. The van der Waals surface area contributed by atoms with E-state index in [0.717, 1.165) is 7.11 Å². The number of methoxy groups -OCH3 is 1.